The lowest BCUT2D eigenvalue weighted by atomic mass is 10.1. The summed E-state index contributed by atoms with van der Waals surface area (Å²) in [6, 6.07) is 14.4. The minimum absolute atomic E-state index is 0.00717. The highest BCUT2D eigenvalue weighted by Crippen LogP contribution is 2.27. The predicted molar refractivity (Wildman–Crippen MR) is 97.3 cm³/mol. The molecule has 0 spiro atoms. The van der Waals surface area contributed by atoms with E-state index in [0.29, 0.717) is 17.7 Å². The van der Waals surface area contributed by atoms with Crippen molar-refractivity contribution in [2.45, 2.75) is 19.1 Å². The number of carbonyl (C=O) groups is 3. The van der Waals surface area contributed by atoms with Crippen LogP contribution < -0.4 is 15.4 Å². The molecule has 1 saturated heterocycles. The summed E-state index contributed by atoms with van der Waals surface area (Å²) in [5, 5.41) is 5.38. The molecule has 0 saturated carbocycles. The average molecular weight is 365 g/mol. The summed E-state index contributed by atoms with van der Waals surface area (Å²) < 4.78 is 5.84. The number of para-hydroxylation sites is 1. The molecule has 27 heavy (non-hydrogen) atoms. The quantitative estimate of drug-likeness (QED) is 0.786. The van der Waals surface area contributed by atoms with E-state index in [9.17, 15) is 14.4 Å². The van der Waals surface area contributed by atoms with E-state index in [0.717, 1.165) is 22.6 Å². The zero-order valence-corrected chi connectivity index (χ0v) is 14.6. The largest absolute Gasteiger partial charge is 0.488 e. The third-order valence-electron chi connectivity index (χ3n) is 4.73. The molecule has 0 aliphatic carbocycles. The normalized spacial score (nSPS) is 18.1. The smallest absolute Gasteiger partial charge is 0.324 e. The van der Waals surface area contributed by atoms with Crippen LogP contribution in [0.3, 0.4) is 0 Å². The lowest BCUT2D eigenvalue weighted by molar-refractivity contribution is -0.125. The van der Waals surface area contributed by atoms with Gasteiger partial charge in [0.2, 0.25) is 5.91 Å². The second kappa shape index (κ2) is 7.11. The second-order valence-corrected chi connectivity index (χ2v) is 6.56. The second-order valence-electron chi connectivity index (χ2n) is 6.56. The van der Waals surface area contributed by atoms with Crippen LogP contribution in [0, 0.1) is 0 Å². The molecular formula is C20H19N3O4. The van der Waals surface area contributed by atoms with Gasteiger partial charge in [-0.15, -0.1) is 0 Å². The van der Waals surface area contributed by atoms with Gasteiger partial charge in [0.15, 0.2) is 0 Å². The highest BCUT2D eigenvalue weighted by atomic mass is 16.5. The van der Waals surface area contributed by atoms with Crippen molar-refractivity contribution in [3.8, 4) is 5.75 Å². The number of hydrogen-bond acceptors (Lipinski definition) is 4. The number of carbonyl (C=O) groups excluding carboxylic acids is 3. The molecule has 0 bridgehead atoms. The van der Waals surface area contributed by atoms with Gasteiger partial charge < -0.3 is 15.4 Å². The third kappa shape index (κ3) is 3.48. The molecule has 2 heterocycles. The van der Waals surface area contributed by atoms with E-state index in [1.807, 2.05) is 24.3 Å². The molecule has 138 valence electrons. The Hall–Kier alpha value is -3.35. The number of imide groups is 1. The van der Waals surface area contributed by atoms with E-state index in [-0.39, 0.29) is 31.0 Å². The van der Waals surface area contributed by atoms with Crippen LogP contribution in [-0.2, 0) is 17.8 Å². The van der Waals surface area contributed by atoms with Crippen molar-refractivity contribution < 1.29 is 19.1 Å². The van der Waals surface area contributed by atoms with E-state index in [1.54, 1.807) is 24.3 Å². The molecule has 2 aromatic carbocycles. The maximum Gasteiger partial charge on any atom is 0.324 e. The zero-order chi connectivity index (χ0) is 18.8. The van der Waals surface area contributed by atoms with E-state index < -0.39 is 6.03 Å². The number of benzene rings is 2. The molecule has 2 N–H and O–H groups in total. The van der Waals surface area contributed by atoms with E-state index in [1.165, 1.54) is 0 Å². The van der Waals surface area contributed by atoms with Crippen LogP contribution in [0.5, 0.6) is 5.75 Å². The Morgan fingerprint density at radius 3 is 2.70 bits per heavy atom. The van der Waals surface area contributed by atoms with Gasteiger partial charge in [-0.3, -0.25) is 14.5 Å². The Bertz CT molecular complexity index is 871. The number of fused-ring (bicyclic) bond motifs is 1. The van der Waals surface area contributed by atoms with Crippen LogP contribution in [-0.4, -0.2) is 41.9 Å². The van der Waals surface area contributed by atoms with Crippen LogP contribution in [0.25, 0.3) is 0 Å². The fraction of sp³-hybridized carbons (Fsp3) is 0.250. The number of hydrogen-bond donors (Lipinski definition) is 2. The Kier molecular flexibility index (Phi) is 4.50. The first-order valence-corrected chi connectivity index (χ1v) is 8.80. The molecule has 0 aromatic heterocycles. The van der Waals surface area contributed by atoms with E-state index >= 15 is 0 Å². The van der Waals surface area contributed by atoms with Crippen LogP contribution in [0.2, 0.25) is 0 Å². The summed E-state index contributed by atoms with van der Waals surface area (Å²) in [7, 11) is 0. The Morgan fingerprint density at radius 1 is 1.15 bits per heavy atom. The highest BCUT2D eigenvalue weighted by molar-refractivity contribution is 6.02. The molecule has 0 unspecified atom stereocenters. The first-order valence-electron chi connectivity index (χ1n) is 8.80. The number of urea groups is 1. The van der Waals surface area contributed by atoms with Gasteiger partial charge in [0.25, 0.3) is 5.91 Å². The minimum Gasteiger partial charge on any atom is -0.488 e. The van der Waals surface area contributed by atoms with Crippen LogP contribution >= 0.6 is 0 Å². The van der Waals surface area contributed by atoms with Gasteiger partial charge in [0, 0.05) is 12.0 Å². The summed E-state index contributed by atoms with van der Waals surface area (Å²) in [5.41, 5.74) is 2.20. The standard InChI is InChI=1S/C20H19N3O4/c24-18-11-22-20(26)23(18)12-14-6-1-3-7-16(14)19(25)21-10-15-9-13-5-2-4-8-17(13)27-15/h1-8,15H,9-12H2,(H,21,25)(H,22,26)/t15-/m0/s1. The van der Waals surface area contributed by atoms with Crippen molar-refractivity contribution in [2.75, 3.05) is 13.1 Å². The molecule has 4 amide bonds. The average Bonchev–Trinajstić information content (AvgIpc) is 3.24. The molecule has 1 fully saturated rings. The first-order chi connectivity index (χ1) is 13.1. The van der Waals surface area contributed by atoms with Crippen LogP contribution in [0.4, 0.5) is 4.79 Å². The molecule has 2 aliphatic rings. The van der Waals surface area contributed by atoms with E-state index in [4.69, 9.17) is 4.74 Å². The minimum atomic E-state index is -0.438. The molecule has 7 nitrogen and oxygen atoms in total. The summed E-state index contributed by atoms with van der Waals surface area (Å²) in [5.74, 6) is 0.306. The summed E-state index contributed by atoms with van der Waals surface area (Å²) >= 11 is 0. The fourth-order valence-corrected chi connectivity index (χ4v) is 3.33. The SMILES string of the molecule is O=C(NC[C@@H]1Cc2ccccc2O1)c1ccccc1CN1C(=O)CNC1=O. The van der Waals surface area contributed by atoms with Gasteiger partial charge in [-0.25, -0.2) is 4.79 Å². The Morgan fingerprint density at radius 2 is 1.93 bits per heavy atom. The molecule has 2 aliphatic heterocycles. The molecule has 2 aromatic rings. The Labute approximate surface area is 156 Å². The fourth-order valence-electron chi connectivity index (χ4n) is 3.33. The van der Waals surface area contributed by atoms with Crippen LogP contribution in [0.15, 0.2) is 48.5 Å². The van der Waals surface area contributed by atoms with Crippen molar-refractivity contribution in [1.82, 2.24) is 15.5 Å². The van der Waals surface area contributed by atoms with E-state index in [2.05, 4.69) is 10.6 Å². The number of rotatable bonds is 5. The number of nitrogens with one attached hydrogen (secondary N) is 2. The summed E-state index contributed by atoms with van der Waals surface area (Å²) in [6.45, 7) is 0.442. The number of nitrogens with zero attached hydrogens (tertiary/aromatic N) is 1. The van der Waals surface area contributed by atoms with Crippen LogP contribution in [0.1, 0.15) is 21.5 Å². The van der Waals surface area contributed by atoms with Crippen molar-refractivity contribution in [3.05, 3.63) is 65.2 Å². The topological polar surface area (TPSA) is 87.7 Å². The summed E-state index contributed by atoms with van der Waals surface area (Å²) in [4.78, 5) is 37.3. The van der Waals surface area contributed by atoms with Crippen molar-refractivity contribution >= 4 is 17.8 Å². The number of ether oxygens (including phenoxy) is 1. The lowest BCUT2D eigenvalue weighted by Gasteiger charge is -2.16. The molecule has 7 heteroatoms. The molecule has 4 rings (SSSR count). The molecule has 0 radical (unpaired) electrons. The van der Waals surface area contributed by atoms with Gasteiger partial charge in [-0.2, -0.15) is 0 Å². The molecular weight excluding hydrogens is 346 g/mol. The van der Waals surface area contributed by atoms with Gasteiger partial charge in [-0.05, 0) is 23.3 Å². The maximum absolute atomic E-state index is 12.7. The Balaban J connectivity index is 1.41. The maximum atomic E-state index is 12.7. The van der Waals surface area contributed by atoms with Gasteiger partial charge >= 0.3 is 6.03 Å². The van der Waals surface area contributed by atoms with Crippen molar-refractivity contribution in [1.29, 1.82) is 0 Å². The van der Waals surface area contributed by atoms with Gasteiger partial charge in [-0.1, -0.05) is 36.4 Å². The highest BCUT2D eigenvalue weighted by Gasteiger charge is 2.29. The molecule has 1 atom stereocenters. The first kappa shape index (κ1) is 17.1. The third-order valence-corrected chi connectivity index (χ3v) is 4.73. The zero-order valence-electron chi connectivity index (χ0n) is 14.6. The van der Waals surface area contributed by atoms with Crippen molar-refractivity contribution in [3.63, 3.8) is 0 Å². The summed E-state index contributed by atoms with van der Waals surface area (Å²) in [6.07, 6.45) is 0.644. The predicted octanol–water partition coefficient (Wildman–Crippen LogP) is 1.47. The van der Waals surface area contributed by atoms with Gasteiger partial charge in [0.05, 0.1) is 19.6 Å². The monoisotopic (exact) mass is 365 g/mol. The lowest BCUT2D eigenvalue weighted by Crippen LogP contribution is -2.36. The van der Waals surface area contributed by atoms with Gasteiger partial charge in [0.1, 0.15) is 11.9 Å². The number of amides is 4. The van der Waals surface area contributed by atoms with Crippen molar-refractivity contribution in [2.24, 2.45) is 0 Å².